The lowest BCUT2D eigenvalue weighted by molar-refractivity contribution is -0.0530. The highest BCUT2D eigenvalue weighted by Crippen LogP contribution is 2.34. The predicted octanol–water partition coefficient (Wildman–Crippen LogP) is 0.346. The molecule has 0 aromatic heterocycles. The fourth-order valence-electron chi connectivity index (χ4n) is 2.93. The van der Waals surface area contributed by atoms with Gasteiger partial charge in [-0.05, 0) is 51.7 Å². The van der Waals surface area contributed by atoms with E-state index in [1.54, 1.807) is 0 Å². The number of nitrogens with one attached hydrogen (secondary N) is 2. The lowest BCUT2D eigenvalue weighted by Gasteiger charge is -2.43. The van der Waals surface area contributed by atoms with E-state index in [9.17, 15) is 5.11 Å². The minimum atomic E-state index is -0.437. The van der Waals surface area contributed by atoms with Gasteiger partial charge in [0.2, 0.25) is 0 Å². The first kappa shape index (κ1) is 10.4. The molecule has 0 aliphatic carbocycles. The molecule has 2 unspecified atom stereocenters. The van der Waals surface area contributed by atoms with Crippen molar-refractivity contribution < 1.29 is 5.11 Å². The van der Waals surface area contributed by atoms with Gasteiger partial charge in [-0.3, -0.25) is 0 Å². The Morgan fingerprint density at radius 3 is 2.50 bits per heavy atom. The topological polar surface area (TPSA) is 44.3 Å². The van der Waals surface area contributed by atoms with Gasteiger partial charge in [-0.1, -0.05) is 0 Å². The summed E-state index contributed by atoms with van der Waals surface area (Å²) in [5.74, 6) is 1.16. The van der Waals surface area contributed by atoms with Crippen LogP contribution in [-0.2, 0) is 0 Å². The molecular formula is C11H22N2O. The average molecular weight is 198 g/mol. The second-order valence-electron chi connectivity index (χ2n) is 5.01. The van der Waals surface area contributed by atoms with Crippen molar-refractivity contribution in [2.24, 2.45) is 11.8 Å². The molecule has 2 aliphatic rings. The van der Waals surface area contributed by atoms with E-state index in [4.69, 9.17) is 0 Å². The smallest absolute Gasteiger partial charge is 0.0674 e. The van der Waals surface area contributed by atoms with Gasteiger partial charge in [0.05, 0.1) is 5.60 Å². The van der Waals surface area contributed by atoms with Crippen LogP contribution in [0.1, 0.15) is 26.2 Å². The molecule has 14 heavy (non-hydrogen) atoms. The molecule has 3 N–H and O–H groups in total. The first-order chi connectivity index (χ1) is 6.70. The van der Waals surface area contributed by atoms with E-state index in [1.807, 2.05) is 6.92 Å². The largest absolute Gasteiger partial charge is 0.390 e. The molecule has 82 valence electrons. The van der Waals surface area contributed by atoms with Gasteiger partial charge in [0.15, 0.2) is 0 Å². The fraction of sp³-hybridized carbons (Fsp3) is 1.00. The summed E-state index contributed by atoms with van der Waals surface area (Å²) >= 11 is 0. The summed E-state index contributed by atoms with van der Waals surface area (Å²) in [5.41, 5.74) is -0.437. The van der Waals surface area contributed by atoms with E-state index in [1.165, 1.54) is 12.8 Å². The zero-order valence-corrected chi connectivity index (χ0v) is 9.05. The summed E-state index contributed by atoms with van der Waals surface area (Å²) in [7, 11) is 0. The molecular weight excluding hydrogens is 176 g/mol. The maximum Gasteiger partial charge on any atom is 0.0674 e. The Kier molecular flexibility index (Phi) is 3.10. The van der Waals surface area contributed by atoms with E-state index in [0.29, 0.717) is 11.8 Å². The zero-order valence-electron chi connectivity index (χ0n) is 9.05. The first-order valence-corrected chi connectivity index (χ1v) is 5.84. The Bertz CT molecular complexity index is 188. The standard InChI is InChI=1S/C11H22N2O/c1-11(14)4-7-13-8-10(11)9-2-5-12-6-3-9/h9-10,12-14H,2-8H2,1H3. The van der Waals surface area contributed by atoms with Crippen LogP contribution in [0.5, 0.6) is 0 Å². The third-order valence-electron chi connectivity index (χ3n) is 3.92. The second-order valence-corrected chi connectivity index (χ2v) is 5.01. The van der Waals surface area contributed by atoms with Crippen molar-refractivity contribution in [1.82, 2.24) is 10.6 Å². The summed E-state index contributed by atoms with van der Waals surface area (Å²) in [5, 5.41) is 17.1. The van der Waals surface area contributed by atoms with Crippen LogP contribution in [0.4, 0.5) is 0 Å². The van der Waals surface area contributed by atoms with Crippen molar-refractivity contribution in [1.29, 1.82) is 0 Å². The molecule has 0 amide bonds. The van der Waals surface area contributed by atoms with Gasteiger partial charge in [-0.25, -0.2) is 0 Å². The van der Waals surface area contributed by atoms with Crippen LogP contribution in [0.3, 0.4) is 0 Å². The molecule has 2 heterocycles. The molecule has 2 aliphatic heterocycles. The maximum atomic E-state index is 10.3. The highest BCUT2D eigenvalue weighted by atomic mass is 16.3. The maximum absolute atomic E-state index is 10.3. The van der Waals surface area contributed by atoms with Gasteiger partial charge < -0.3 is 15.7 Å². The summed E-state index contributed by atoms with van der Waals surface area (Å²) < 4.78 is 0. The summed E-state index contributed by atoms with van der Waals surface area (Å²) in [6.07, 6.45) is 3.35. The Balaban J connectivity index is 1.99. The molecule has 0 radical (unpaired) electrons. The highest BCUT2D eigenvalue weighted by molar-refractivity contribution is 4.93. The van der Waals surface area contributed by atoms with Gasteiger partial charge in [-0.15, -0.1) is 0 Å². The van der Waals surface area contributed by atoms with Gasteiger partial charge in [0.25, 0.3) is 0 Å². The number of hydrogen-bond acceptors (Lipinski definition) is 3. The highest BCUT2D eigenvalue weighted by Gasteiger charge is 2.39. The first-order valence-electron chi connectivity index (χ1n) is 5.84. The normalized spacial score (nSPS) is 41.1. The van der Waals surface area contributed by atoms with Crippen LogP contribution < -0.4 is 10.6 Å². The van der Waals surface area contributed by atoms with Crippen molar-refractivity contribution in [2.45, 2.75) is 31.8 Å². The molecule has 0 saturated carbocycles. The van der Waals surface area contributed by atoms with E-state index in [-0.39, 0.29) is 0 Å². The van der Waals surface area contributed by atoms with Crippen LogP contribution >= 0.6 is 0 Å². The van der Waals surface area contributed by atoms with Crippen LogP contribution in [-0.4, -0.2) is 36.9 Å². The average Bonchev–Trinajstić information content (AvgIpc) is 2.18. The third-order valence-corrected chi connectivity index (χ3v) is 3.92. The molecule has 3 nitrogen and oxygen atoms in total. The van der Waals surface area contributed by atoms with Crippen molar-refractivity contribution in [3.8, 4) is 0 Å². The summed E-state index contributed by atoms with van der Waals surface area (Å²) in [6.45, 7) is 6.22. The van der Waals surface area contributed by atoms with Crippen molar-refractivity contribution >= 4 is 0 Å². The van der Waals surface area contributed by atoms with Crippen LogP contribution in [0.25, 0.3) is 0 Å². The molecule has 2 fully saturated rings. The van der Waals surface area contributed by atoms with Crippen molar-refractivity contribution in [3.05, 3.63) is 0 Å². The van der Waals surface area contributed by atoms with Crippen molar-refractivity contribution in [2.75, 3.05) is 26.2 Å². The lowest BCUT2D eigenvalue weighted by atomic mass is 9.72. The van der Waals surface area contributed by atoms with Gasteiger partial charge >= 0.3 is 0 Å². The summed E-state index contributed by atoms with van der Waals surface area (Å²) in [6, 6.07) is 0. The van der Waals surface area contributed by atoms with Crippen LogP contribution in [0.2, 0.25) is 0 Å². The Morgan fingerprint density at radius 2 is 1.86 bits per heavy atom. The Hall–Kier alpha value is -0.120. The third kappa shape index (κ3) is 2.10. The van der Waals surface area contributed by atoms with Gasteiger partial charge in [0, 0.05) is 12.5 Å². The number of piperidine rings is 2. The predicted molar refractivity (Wildman–Crippen MR) is 57.2 cm³/mol. The summed E-state index contributed by atoms with van der Waals surface area (Å²) in [4.78, 5) is 0. The molecule has 0 aromatic rings. The van der Waals surface area contributed by atoms with E-state index in [2.05, 4.69) is 10.6 Å². The van der Waals surface area contributed by atoms with E-state index in [0.717, 1.165) is 32.6 Å². The van der Waals surface area contributed by atoms with E-state index >= 15 is 0 Å². The zero-order chi connectivity index (χ0) is 10.0. The van der Waals surface area contributed by atoms with Gasteiger partial charge in [0.1, 0.15) is 0 Å². The van der Waals surface area contributed by atoms with Gasteiger partial charge in [-0.2, -0.15) is 0 Å². The lowest BCUT2D eigenvalue weighted by Crippen LogP contribution is -2.52. The molecule has 3 heteroatoms. The van der Waals surface area contributed by atoms with Crippen LogP contribution in [0, 0.1) is 11.8 Å². The SMILES string of the molecule is CC1(O)CCNCC1C1CCNCC1. The number of hydrogen-bond donors (Lipinski definition) is 3. The second kappa shape index (κ2) is 4.17. The molecule has 0 spiro atoms. The molecule has 2 atom stereocenters. The minimum Gasteiger partial charge on any atom is -0.390 e. The Labute approximate surface area is 86.3 Å². The Morgan fingerprint density at radius 1 is 1.14 bits per heavy atom. The molecule has 2 rings (SSSR count). The van der Waals surface area contributed by atoms with Crippen molar-refractivity contribution in [3.63, 3.8) is 0 Å². The molecule has 0 bridgehead atoms. The fourth-order valence-corrected chi connectivity index (χ4v) is 2.93. The van der Waals surface area contributed by atoms with Crippen LogP contribution in [0.15, 0.2) is 0 Å². The molecule has 0 aromatic carbocycles. The quantitative estimate of drug-likeness (QED) is 0.569. The number of aliphatic hydroxyl groups is 1. The van der Waals surface area contributed by atoms with E-state index < -0.39 is 5.60 Å². The number of rotatable bonds is 1. The minimum absolute atomic E-state index is 0.437. The monoisotopic (exact) mass is 198 g/mol. The molecule has 2 saturated heterocycles.